The van der Waals surface area contributed by atoms with Gasteiger partial charge in [-0.2, -0.15) is 0 Å². The number of guanidine groups is 1. The van der Waals surface area contributed by atoms with E-state index >= 15 is 0 Å². The van der Waals surface area contributed by atoms with Crippen LogP contribution in [-0.4, -0.2) is 47.6 Å². The zero-order valence-corrected chi connectivity index (χ0v) is 13.7. The monoisotopic (exact) mass is 332 g/mol. The zero-order chi connectivity index (χ0) is 18.3. The Morgan fingerprint density at radius 3 is 2.35 bits per heavy atom. The molecule has 1 amide bonds. The van der Waals surface area contributed by atoms with Crippen LogP contribution in [0.15, 0.2) is 4.99 Å². The first-order valence-corrected chi connectivity index (χ1v) is 6.88. The first kappa shape index (κ1) is 20.6. The molecule has 0 radical (unpaired) electrons. The van der Waals surface area contributed by atoms with Crippen LogP contribution in [0.5, 0.6) is 0 Å². The Morgan fingerprint density at radius 2 is 1.91 bits per heavy atom. The van der Waals surface area contributed by atoms with Crippen LogP contribution < -0.4 is 22.2 Å². The van der Waals surface area contributed by atoms with Gasteiger partial charge in [-0.25, -0.2) is 19.9 Å². The maximum atomic E-state index is 12.2. The number of likely N-dealkylation sites (N-methyl/N-ethyl adjacent to an activating group) is 1. The molecule has 23 heavy (non-hydrogen) atoms. The molecule has 6 N–H and O–H groups in total. The lowest BCUT2D eigenvalue weighted by molar-refractivity contribution is -0.525. The van der Waals surface area contributed by atoms with E-state index in [1.54, 1.807) is 26.2 Å². The Kier molecular flexibility index (Phi) is 7.39. The highest BCUT2D eigenvalue weighted by Gasteiger charge is 2.44. The van der Waals surface area contributed by atoms with Crippen LogP contribution in [0.2, 0.25) is 0 Å². The van der Waals surface area contributed by atoms with E-state index in [9.17, 15) is 19.7 Å². The van der Waals surface area contributed by atoms with E-state index in [2.05, 4.69) is 10.3 Å². The second kappa shape index (κ2) is 8.27. The summed E-state index contributed by atoms with van der Waals surface area (Å²) in [7, 11) is 1.35. The Hall–Kier alpha value is -2.43. The van der Waals surface area contributed by atoms with Gasteiger partial charge in [-0.15, -0.1) is 0 Å². The van der Waals surface area contributed by atoms with Crippen molar-refractivity contribution in [3.05, 3.63) is 10.1 Å². The number of carbonyl (C=O) groups is 2. The number of aliphatic imine (C=N–C) groups is 1. The normalized spacial score (nSPS) is 14.6. The van der Waals surface area contributed by atoms with Crippen LogP contribution in [0, 0.1) is 10.1 Å². The molecule has 132 valence electrons. The quantitative estimate of drug-likeness (QED) is 0.0841. The highest BCUT2D eigenvalue weighted by atomic mass is 16.7. The second-order valence-corrected chi connectivity index (χ2v) is 5.79. The van der Waals surface area contributed by atoms with Crippen molar-refractivity contribution in [3.8, 4) is 0 Å². The zero-order valence-electron chi connectivity index (χ0n) is 13.7. The molecule has 0 saturated heterocycles. The number of nitrogens with one attached hydrogen (secondary N) is 2. The summed E-state index contributed by atoms with van der Waals surface area (Å²) in [5.74, 6) is -1.92. The molecule has 0 aliphatic rings. The van der Waals surface area contributed by atoms with Crippen LogP contribution in [-0.2, 0) is 14.3 Å². The van der Waals surface area contributed by atoms with Gasteiger partial charge in [-0.05, 0) is 33.6 Å². The van der Waals surface area contributed by atoms with E-state index in [4.69, 9.17) is 16.2 Å². The van der Waals surface area contributed by atoms with Gasteiger partial charge in [0.25, 0.3) is 11.9 Å². The molecule has 0 aromatic heterocycles. The van der Waals surface area contributed by atoms with E-state index in [-0.39, 0.29) is 25.3 Å². The molecular formula is C12H24N6O5. The number of hydrazine groups is 1. The van der Waals surface area contributed by atoms with Crippen molar-refractivity contribution in [3.63, 3.8) is 0 Å². The van der Waals surface area contributed by atoms with Gasteiger partial charge in [-0.3, -0.25) is 4.79 Å². The van der Waals surface area contributed by atoms with E-state index in [1.165, 1.54) is 7.05 Å². The number of nitro groups is 1. The van der Waals surface area contributed by atoms with Crippen molar-refractivity contribution in [2.75, 3.05) is 13.6 Å². The number of ether oxygens (including phenoxy) is 1. The van der Waals surface area contributed by atoms with Gasteiger partial charge in [0.15, 0.2) is 10.6 Å². The van der Waals surface area contributed by atoms with E-state index < -0.39 is 28.0 Å². The molecule has 0 aliphatic carbocycles. The topological polar surface area (TPSA) is 175 Å². The fourth-order valence-corrected chi connectivity index (χ4v) is 1.59. The number of carbonyl (C=O) groups excluding carboxylic acids is 2. The highest BCUT2D eigenvalue weighted by Crippen LogP contribution is 2.18. The van der Waals surface area contributed by atoms with Crippen molar-refractivity contribution >= 4 is 17.8 Å². The van der Waals surface area contributed by atoms with E-state index in [0.717, 1.165) is 0 Å². The smallest absolute Gasteiger partial charge is 0.336 e. The molecule has 11 nitrogen and oxygen atoms in total. The minimum atomic E-state index is -1.87. The number of nitrogens with zero attached hydrogens (tertiary/aromatic N) is 2. The molecule has 0 spiro atoms. The third kappa shape index (κ3) is 7.40. The molecule has 0 unspecified atom stereocenters. The van der Waals surface area contributed by atoms with Crippen molar-refractivity contribution in [2.24, 2.45) is 16.5 Å². The summed E-state index contributed by atoms with van der Waals surface area (Å²) in [6.07, 6.45) is 0.139. The predicted octanol–water partition coefficient (Wildman–Crippen LogP) is -1.35. The molecular weight excluding hydrogens is 308 g/mol. The summed E-state index contributed by atoms with van der Waals surface area (Å²) >= 11 is 0. The maximum absolute atomic E-state index is 12.2. The molecule has 0 heterocycles. The largest absolute Gasteiger partial charge is 0.458 e. The Balaban J connectivity index is 4.84. The lowest BCUT2D eigenvalue weighted by Crippen LogP contribution is -2.60. The summed E-state index contributed by atoms with van der Waals surface area (Å²) < 4.78 is 5.17. The molecule has 0 aromatic carbocycles. The van der Waals surface area contributed by atoms with Crippen LogP contribution in [0.1, 0.15) is 33.6 Å². The molecule has 0 saturated carbocycles. The first-order valence-electron chi connectivity index (χ1n) is 6.88. The fraction of sp³-hybridized carbons (Fsp3) is 0.750. The SMILES string of the molecule is CNC(=O)[C@@](N)(CCCN=C(N)N[N+](=O)[O-])C(=O)OC(C)(C)C. The number of rotatable bonds is 7. The molecule has 0 bridgehead atoms. The Labute approximate surface area is 133 Å². The average Bonchev–Trinajstić information content (AvgIpc) is 2.39. The minimum absolute atomic E-state index is 0.0470. The van der Waals surface area contributed by atoms with Gasteiger partial charge in [0.05, 0.1) is 0 Å². The lowest BCUT2D eigenvalue weighted by Gasteiger charge is -2.29. The summed E-state index contributed by atoms with van der Waals surface area (Å²) in [5.41, 5.74) is 10.2. The van der Waals surface area contributed by atoms with Crippen molar-refractivity contribution < 1.29 is 19.4 Å². The van der Waals surface area contributed by atoms with Gasteiger partial charge in [0, 0.05) is 13.6 Å². The first-order chi connectivity index (χ1) is 10.4. The van der Waals surface area contributed by atoms with Gasteiger partial charge in [-0.1, -0.05) is 5.43 Å². The second-order valence-electron chi connectivity index (χ2n) is 5.79. The van der Waals surface area contributed by atoms with Crippen LogP contribution >= 0.6 is 0 Å². The van der Waals surface area contributed by atoms with E-state index in [0.29, 0.717) is 0 Å². The molecule has 0 fully saturated rings. The Morgan fingerprint density at radius 1 is 1.35 bits per heavy atom. The van der Waals surface area contributed by atoms with Crippen LogP contribution in [0.4, 0.5) is 0 Å². The fourth-order valence-electron chi connectivity index (χ4n) is 1.59. The number of hydrogen-bond acceptors (Lipinski definition) is 7. The number of esters is 1. The number of amides is 1. The molecule has 0 rings (SSSR count). The maximum Gasteiger partial charge on any atom is 0.336 e. The van der Waals surface area contributed by atoms with Gasteiger partial charge < -0.3 is 21.5 Å². The van der Waals surface area contributed by atoms with Gasteiger partial charge in [0.1, 0.15) is 5.60 Å². The third-order valence-corrected chi connectivity index (χ3v) is 2.61. The highest BCUT2D eigenvalue weighted by molar-refractivity contribution is 6.07. The summed E-state index contributed by atoms with van der Waals surface area (Å²) in [5, 5.41) is 11.6. The van der Waals surface area contributed by atoms with Crippen molar-refractivity contribution in [2.45, 2.75) is 44.8 Å². The third-order valence-electron chi connectivity index (χ3n) is 2.61. The Bertz CT molecular complexity index is 487. The predicted molar refractivity (Wildman–Crippen MR) is 82.7 cm³/mol. The summed E-state index contributed by atoms with van der Waals surface area (Å²) in [6, 6.07) is 0. The molecule has 11 heteroatoms. The molecule has 0 aromatic rings. The molecule has 1 atom stereocenters. The number of hydrogen-bond donors (Lipinski definition) is 4. The van der Waals surface area contributed by atoms with Gasteiger partial charge >= 0.3 is 5.97 Å². The molecule has 0 aliphatic heterocycles. The summed E-state index contributed by atoms with van der Waals surface area (Å²) in [4.78, 5) is 38.0. The van der Waals surface area contributed by atoms with Gasteiger partial charge in [0.2, 0.25) is 0 Å². The van der Waals surface area contributed by atoms with Crippen molar-refractivity contribution in [1.29, 1.82) is 0 Å². The van der Waals surface area contributed by atoms with Crippen molar-refractivity contribution in [1.82, 2.24) is 10.7 Å². The minimum Gasteiger partial charge on any atom is -0.458 e. The summed E-state index contributed by atoms with van der Waals surface area (Å²) in [6.45, 7) is 5.02. The standard InChI is InChI=1S/C12H24N6O5/c1-11(2,3)23-9(20)12(14,8(19)15-4)6-5-7-16-10(13)17-18(21)22/h5-7,14H2,1-4H3,(H,15,19)(H3,13,16,17)/t12-/m0/s1. The van der Waals surface area contributed by atoms with Crippen LogP contribution in [0.25, 0.3) is 0 Å². The van der Waals surface area contributed by atoms with Crippen LogP contribution in [0.3, 0.4) is 0 Å². The lowest BCUT2D eigenvalue weighted by atomic mass is 9.93. The average molecular weight is 332 g/mol. The van der Waals surface area contributed by atoms with E-state index in [1.807, 2.05) is 0 Å². The number of nitrogens with two attached hydrogens (primary N) is 2.